The van der Waals surface area contributed by atoms with Gasteiger partial charge in [-0.3, -0.25) is 9.69 Å². The van der Waals surface area contributed by atoms with Gasteiger partial charge in [-0.25, -0.2) is 0 Å². The molecule has 2 rings (SSSR count). The van der Waals surface area contributed by atoms with Crippen molar-refractivity contribution in [2.24, 2.45) is 5.73 Å². The average Bonchev–Trinajstić information content (AvgIpc) is 2.47. The van der Waals surface area contributed by atoms with Crippen LogP contribution in [0.2, 0.25) is 0 Å². The Kier molecular flexibility index (Phi) is 6.36. The second kappa shape index (κ2) is 8.27. The summed E-state index contributed by atoms with van der Waals surface area (Å²) >= 11 is 0. The van der Waals surface area contributed by atoms with Crippen LogP contribution in [0.3, 0.4) is 0 Å². The zero-order valence-electron chi connectivity index (χ0n) is 13.5. The summed E-state index contributed by atoms with van der Waals surface area (Å²) in [5, 5.41) is 3.55. The molecule has 1 aromatic rings. The maximum absolute atomic E-state index is 11.1. The van der Waals surface area contributed by atoms with Crippen molar-refractivity contribution in [3.05, 3.63) is 35.4 Å². The Morgan fingerprint density at radius 2 is 1.95 bits per heavy atom. The second-order valence-corrected chi connectivity index (χ2v) is 6.11. The van der Waals surface area contributed by atoms with E-state index in [0.29, 0.717) is 6.42 Å². The molecule has 0 radical (unpaired) electrons. The van der Waals surface area contributed by atoms with Gasteiger partial charge in [-0.1, -0.05) is 29.8 Å². The summed E-state index contributed by atoms with van der Waals surface area (Å²) in [6.45, 7) is 8.49. The number of rotatable bonds is 7. The van der Waals surface area contributed by atoms with E-state index < -0.39 is 0 Å². The number of morpholine rings is 1. The molecule has 3 N–H and O–H groups in total. The predicted molar refractivity (Wildman–Crippen MR) is 87.6 cm³/mol. The lowest BCUT2D eigenvalue weighted by Crippen LogP contribution is -2.44. The van der Waals surface area contributed by atoms with Crippen molar-refractivity contribution in [2.45, 2.75) is 32.4 Å². The minimum atomic E-state index is -0.269. The van der Waals surface area contributed by atoms with Crippen LogP contribution in [0.25, 0.3) is 0 Å². The fourth-order valence-electron chi connectivity index (χ4n) is 2.80. The smallest absolute Gasteiger partial charge is 0.218 e. The second-order valence-electron chi connectivity index (χ2n) is 6.11. The third-order valence-corrected chi connectivity index (χ3v) is 4.02. The first kappa shape index (κ1) is 16.9. The monoisotopic (exact) mass is 305 g/mol. The summed E-state index contributed by atoms with van der Waals surface area (Å²) in [5.41, 5.74) is 7.80. The van der Waals surface area contributed by atoms with Gasteiger partial charge in [0.25, 0.3) is 0 Å². The van der Waals surface area contributed by atoms with Crippen LogP contribution in [0.5, 0.6) is 0 Å². The zero-order chi connectivity index (χ0) is 15.9. The van der Waals surface area contributed by atoms with Crippen molar-refractivity contribution in [3.8, 4) is 0 Å². The van der Waals surface area contributed by atoms with E-state index >= 15 is 0 Å². The highest BCUT2D eigenvalue weighted by molar-refractivity contribution is 5.74. The molecule has 1 aliphatic heterocycles. The number of amides is 1. The van der Waals surface area contributed by atoms with Crippen LogP contribution in [0, 0.1) is 6.92 Å². The van der Waals surface area contributed by atoms with Crippen LogP contribution in [-0.4, -0.2) is 49.7 Å². The average molecular weight is 305 g/mol. The number of hydrogen-bond donors (Lipinski definition) is 2. The van der Waals surface area contributed by atoms with E-state index in [0.717, 1.165) is 32.8 Å². The van der Waals surface area contributed by atoms with Gasteiger partial charge in [0.05, 0.1) is 13.2 Å². The van der Waals surface area contributed by atoms with Crippen molar-refractivity contribution in [1.29, 1.82) is 0 Å². The molecule has 1 heterocycles. The molecule has 5 heteroatoms. The molecule has 1 fully saturated rings. The summed E-state index contributed by atoms with van der Waals surface area (Å²) in [4.78, 5) is 13.5. The molecule has 1 saturated heterocycles. The first-order valence-corrected chi connectivity index (χ1v) is 7.95. The third-order valence-electron chi connectivity index (χ3n) is 4.02. The van der Waals surface area contributed by atoms with E-state index in [2.05, 4.69) is 41.4 Å². The van der Waals surface area contributed by atoms with Gasteiger partial charge in [0.1, 0.15) is 0 Å². The lowest BCUT2D eigenvalue weighted by atomic mass is 10.0. The van der Waals surface area contributed by atoms with Gasteiger partial charge in [0.15, 0.2) is 0 Å². The van der Waals surface area contributed by atoms with Gasteiger partial charge in [-0.05, 0) is 19.4 Å². The van der Waals surface area contributed by atoms with E-state index in [1.807, 2.05) is 6.92 Å². The summed E-state index contributed by atoms with van der Waals surface area (Å²) in [5.74, 6) is -0.269. The Morgan fingerprint density at radius 1 is 1.32 bits per heavy atom. The lowest BCUT2D eigenvalue weighted by molar-refractivity contribution is -0.118. The number of carbonyl (C=O) groups excluding carboxylic acids is 1. The number of benzene rings is 1. The molecule has 1 amide bonds. The maximum atomic E-state index is 11.1. The molecule has 22 heavy (non-hydrogen) atoms. The van der Waals surface area contributed by atoms with E-state index in [9.17, 15) is 4.79 Å². The quantitative estimate of drug-likeness (QED) is 0.795. The van der Waals surface area contributed by atoms with Gasteiger partial charge >= 0.3 is 0 Å². The topological polar surface area (TPSA) is 67.6 Å². The molecule has 0 aliphatic carbocycles. The van der Waals surface area contributed by atoms with E-state index in [-0.39, 0.29) is 18.0 Å². The highest BCUT2D eigenvalue weighted by Crippen LogP contribution is 2.17. The van der Waals surface area contributed by atoms with E-state index in [4.69, 9.17) is 10.5 Å². The van der Waals surface area contributed by atoms with Crippen LogP contribution in [0.1, 0.15) is 30.5 Å². The Balaban J connectivity index is 2.05. The fourth-order valence-corrected chi connectivity index (χ4v) is 2.80. The molecule has 0 spiro atoms. The van der Waals surface area contributed by atoms with Gasteiger partial charge in [-0.15, -0.1) is 0 Å². The molecular formula is C17H27N3O2. The van der Waals surface area contributed by atoms with Crippen molar-refractivity contribution in [3.63, 3.8) is 0 Å². The molecule has 122 valence electrons. The van der Waals surface area contributed by atoms with Crippen LogP contribution in [0.15, 0.2) is 24.3 Å². The molecular weight excluding hydrogens is 278 g/mol. The first-order valence-electron chi connectivity index (χ1n) is 7.95. The van der Waals surface area contributed by atoms with Gasteiger partial charge in [0.2, 0.25) is 5.91 Å². The summed E-state index contributed by atoms with van der Waals surface area (Å²) in [7, 11) is 0. The van der Waals surface area contributed by atoms with Crippen LogP contribution in [-0.2, 0) is 9.53 Å². The Hall–Kier alpha value is -1.43. The number of primary amides is 1. The maximum Gasteiger partial charge on any atom is 0.218 e. The van der Waals surface area contributed by atoms with Gasteiger partial charge in [-0.2, -0.15) is 0 Å². The molecule has 1 aliphatic rings. The Morgan fingerprint density at radius 3 is 2.55 bits per heavy atom. The Labute approximate surface area is 132 Å². The number of nitrogens with zero attached hydrogens (tertiary/aromatic N) is 1. The first-order chi connectivity index (χ1) is 10.5. The molecule has 0 bridgehead atoms. The number of aryl methyl sites for hydroxylation is 1. The number of nitrogens with one attached hydrogen (secondary N) is 1. The van der Waals surface area contributed by atoms with Crippen molar-refractivity contribution < 1.29 is 9.53 Å². The third kappa shape index (κ3) is 5.40. The highest BCUT2D eigenvalue weighted by Gasteiger charge is 2.20. The molecule has 2 unspecified atom stereocenters. The predicted octanol–water partition coefficient (Wildman–Crippen LogP) is 1.22. The zero-order valence-corrected chi connectivity index (χ0v) is 13.5. The molecule has 5 nitrogen and oxygen atoms in total. The van der Waals surface area contributed by atoms with Crippen molar-refractivity contribution in [1.82, 2.24) is 10.2 Å². The summed E-state index contributed by atoms with van der Waals surface area (Å²) in [6.07, 6.45) is 0.353. The number of nitrogens with two attached hydrogens (primary N) is 1. The Bertz CT molecular complexity index is 469. The molecule has 1 aromatic carbocycles. The minimum absolute atomic E-state index is 0.0600. The van der Waals surface area contributed by atoms with Gasteiger partial charge in [0, 0.05) is 38.1 Å². The van der Waals surface area contributed by atoms with Gasteiger partial charge < -0.3 is 15.8 Å². The normalized spacial score (nSPS) is 18.8. The van der Waals surface area contributed by atoms with Crippen LogP contribution >= 0.6 is 0 Å². The fraction of sp³-hybridized carbons (Fsp3) is 0.588. The lowest BCUT2D eigenvalue weighted by Gasteiger charge is -2.32. The molecule has 0 aromatic heterocycles. The minimum Gasteiger partial charge on any atom is -0.379 e. The number of hydrogen-bond acceptors (Lipinski definition) is 4. The molecule has 2 atom stereocenters. The van der Waals surface area contributed by atoms with E-state index in [1.54, 1.807) is 0 Å². The van der Waals surface area contributed by atoms with Crippen LogP contribution < -0.4 is 11.1 Å². The largest absolute Gasteiger partial charge is 0.379 e. The summed E-state index contributed by atoms with van der Waals surface area (Å²) in [6, 6.07) is 8.82. The standard InChI is InChI=1S/C17H27N3O2/c1-13-3-5-15(6-4-13)16(19-14(2)11-17(18)21)12-20-7-9-22-10-8-20/h3-6,14,16,19H,7-12H2,1-2H3,(H2,18,21). The SMILES string of the molecule is Cc1ccc(C(CN2CCOCC2)NC(C)CC(N)=O)cc1. The van der Waals surface area contributed by atoms with Crippen molar-refractivity contribution in [2.75, 3.05) is 32.8 Å². The van der Waals surface area contributed by atoms with Crippen molar-refractivity contribution >= 4 is 5.91 Å². The molecule has 0 saturated carbocycles. The summed E-state index contributed by atoms with van der Waals surface area (Å²) < 4.78 is 5.41. The van der Waals surface area contributed by atoms with Crippen LogP contribution in [0.4, 0.5) is 0 Å². The highest BCUT2D eigenvalue weighted by atomic mass is 16.5. The number of ether oxygens (including phenoxy) is 1. The number of carbonyl (C=O) groups is 1. The van der Waals surface area contributed by atoms with E-state index in [1.165, 1.54) is 11.1 Å².